The zero-order chi connectivity index (χ0) is 11.5. The van der Waals surface area contributed by atoms with E-state index in [1.54, 1.807) is 18.2 Å². The number of benzene rings is 1. The maximum Gasteiger partial charge on any atom is 0.362 e. The first-order chi connectivity index (χ1) is 7.03. The Bertz CT molecular complexity index is 374. The molecule has 0 unspecified atom stereocenters. The fraction of sp³-hybridized carbons (Fsp3) is 0.333. The van der Waals surface area contributed by atoms with Crippen LogP contribution in [0.4, 0.5) is 0 Å². The van der Waals surface area contributed by atoms with Gasteiger partial charge in [0.05, 0.1) is 0 Å². The fourth-order valence-electron chi connectivity index (χ4n) is 1.12. The SMILES string of the molecule is COP(=O)(OC)[C@@H](O)c1cccc(Cl)c1. The van der Waals surface area contributed by atoms with Crippen LogP contribution in [-0.4, -0.2) is 19.3 Å². The molecule has 1 aromatic rings. The highest BCUT2D eigenvalue weighted by molar-refractivity contribution is 7.53. The summed E-state index contributed by atoms with van der Waals surface area (Å²) in [5.41, 5.74) is 0.398. The molecule has 0 saturated carbocycles. The molecule has 0 aliphatic rings. The third-order valence-corrected chi connectivity index (χ3v) is 4.11. The van der Waals surface area contributed by atoms with Gasteiger partial charge in [-0.1, -0.05) is 23.7 Å². The Morgan fingerprint density at radius 2 is 2.00 bits per heavy atom. The van der Waals surface area contributed by atoms with E-state index in [1.807, 2.05) is 0 Å². The molecule has 0 spiro atoms. The molecular weight excluding hydrogens is 239 g/mol. The van der Waals surface area contributed by atoms with Gasteiger partial charge in [-0.2, -0.15) is 0 Å². The Morgan fingerprint density at radius 1 is 1.40 bits per heavy atom. The molecule has 6 heteroatoms. The summed E-state index contributed by atoms with van der Waals surface area (Å²) < 4.78 is 21.2. The quantitative estimate of drug-likeness (QED) is 0.835. The zero-order valence-corrected chi connectivity index (χ0v) is 10.0. The standard InChI is InChI=1S/C9H12ClO4P/c1-13-15(12,14-2)9(11)7-4-3-5-8(10)6-7/h3-6,9,11H,1-2H3/t9-/m1/s1. The lowest BCUT2D eigenvalue weighted by atomic mass is 10.2. The van der Waals surface area contributed by atoms with Crippen molar-refractivity contribution in [2.75, 3.05) is 14.2 Å². The lowest BCUT2D eigenvalue weighted by molar-refractivity contribution is 0.176. The van der Waals surface area contributed by atoms with Crippen molar-refractivity contribution in [2.45, 2.75) is 5.85 Å². The molecule has 0 heterocycles. The second-order valence-electron chi connectivity index (χ2n) is 2.83. The summed E-state index contributed by atoms with van der Waals surface area (Å²) in [6.07, 6.45) is 0. The average Bonchev–Trinajstić information content (AvgIpc) is 2.27. The fourth-order valence-corrected chi connectivity index (χ4v) is 2.40. The summed E-state index contributed by atoms with van der Waals surface area (Å²) in [6.45, 7) is 0. The molecule has 0 saturated heterocycles. The Balaban J connectivity index is 3.03. The molecule has 1 rings (SSSR count). The van der Waals surface area contributed by atoms with Gasteiger partial charge in [0.15, 0.2) is 5.85 Å². The lowest BCUT2D eigenvalue weighted by Gasteiger charge is -2.19. The maximum absolute atomic E-state index is 11.8. The van der Waals surface area contributed by atoms with Crippen LogP contribution in [0.2, 0.25) is 5.02 Å². The van der Waals surface area contributed by atoms with Gasteiger partial charge < -0.3 is 14.2 Å². The smallest absolute Gasteiger partial charge is 0.362 e. The van der Waals surface area contributed by atoms with Crippen LogP contribution in [0.15, 0.2) is 24.3 Å². The molecule has 84 valence electrons. The van der Waals surface area contributed by atoms with Gasteiger partial charge in [0.2, 0.25) is 0 Å². The first-order valence-electron chi connectivity index (χ1n) is 4.18. The number of halogens is 1. The molecule has 0 fully saturated rings. The first-order valence-corrected chi connectivity index (χ1v) is 6.17. The van der Waals surface area contributed by atoms with Crippen LogP contribution in [0, 0.1) is 0 Å². The molecule has 0 aliphatic carbocycles. The highest BCUT2D eigenvalue weighted by atomic mass is 35.5. The third-order valence-electron chi connectivity index (χ3n) is 1.96. The summed E-state index contributed by atoms with van der Waals surface area (Å²) in [5.74, 6) is -1.33. The Hall–Kier alpha value is -0.380. The van der Waals surface area contributed by atoms with Crippen molar-refractivity contribution >= 4 is 19.2 Å². The van der Waals surface area contributed by atoms with E-state index in [4.69, 9.17) is 11.6 Å². The van der Waals surface area contributed by atoms with E-state index in [1.165, 1.54) is 20.3 Å². The molecule has 15 heavy (non-hydrogen) atoms. The van der Waals surface area contributed by atoms with Crippen LogP contribution in [0.5, 0.6) is 0 Å². The van der Waals surface area contributed by atoms with Gasteiger partial charge >= 0.3 is 7.60 Å². The minimum atomic E-state index is -3.52. The molecule has 0 aliphatic heterocycles. The minimum Gasteiger partial charge on any atom is -0.376 e. The number of rotatable bonds is 4. The van der Waals surface area contributed by atoms with Gasteiger partial charge in [0.25, 0.3) is 0 Å². The van der Waals surface area contributed by atoms with Gasteiger partial charge in [0, 0.05) is 19.2 Å². The highest BCUT2D eigenvalue weighted by Gasteiger charge is 2.33. The number of aliphatic hydroxyl groups is 1. The van der Waals surface area contributed by atoms with Crippen LogP contribution in [0.25, 0.3) is 0 Å². The molecule has 1 aromatic carbocycles. The van der Waals surface area contributed by atoms with Gasteiger partial charge in [-0.3, -0.25) is 4.57 Å². The van der Waals surface area contributed by atoms with Crippen molar-refractivity contribution in [3.8, 4) is 0 Å². The Labute approximate surface area is 93.3 Å². The van der Waals surface area contributed by atoms with Crippen molar-refractivity contribution in [2.24, 2.45) is 0 Å². The summed E-state index contributed by atoms with van der Waals surface area (Å²) in [7, 11) is -1.08. The summed E-state index contributed by atoms with van der Waals surface area (Å²) >= 11 is 5.74. The van der Waals surface area contributed by atoms with E-state index in [-0.39, 0.29) is 0 Å². The second-order valence-corrected chi connectivity index (χ2v) is 5.57. The summed E-state index contributed by atoms with van der Waals surface area (Å²) in [6, 6.07) is 6.41. The largest absolute Gasteiger partial charge is 0.376 e. The Morgan fingerprint density at radius 3 is 2.47 bits per heavy atom. The number of aliphatic hydroxyl groups excluding tert-OH is 1. The van der Waals surface area contributed by atoms with E-state index >= 15 is 0 Å². The summed E-state index contributed by atoms with van der Waals surface area (Å²) in [5, 5.41) is 10.2. The predicted molar refractivity (Wildman–Crippen MR) is 58.0 cm³/mol. The topological polar surface area (TPSA) is 55.8 Å². The second kappa shape index (κ2) is 5.10. The molecule has 0 aromatic heterocycles. The van der Waals surface area contributed by atoms with E-state index in [9.17, 15) is 9.67 Å². The van der Waals surface area contributed by atoms with Crippen LogP contribution >= 0.6 is 19.2 Å². The van der Waals surface area contributed by atoms with Gasteiger partial charge in [-0.15, -0.1) is 0 Å². The molecule has 0 amide bonds. The Kier molecular flexibility index (Phi) is 4.32. The molecule has 1 atom stereocenters. The van der Waals surface area contributed by atoms with Crippen LogP contribution in [0.3, 0.4) is 0 Å². The van der Waals surface area contributed by atoms with Crippen LogP contribution in [-0.2, 0) is 13.6 Å². The maximum atomic E-state index is 11.8. The van der Waals surface area contributed by atoms with Crippen LogP contribution < -0.4 is 0 Å². The number of hydrogen-bond donors (Lipinski definition) is 1. The van der Waals surface area contributed by atoms with Crippen LogP contribution in [0.1, 0.15) is 11.4 Å². The van der Waals surface area contributed by atoms with Crippen molar-refractivity contribution < 1.29 is 18.7 Å². The predicted octanol–water partition coefficient (Wildman–Crippen LogP) is 2.82. The zero-order valence-electron chi connectivity index (χ0n) is 8.38. The van der Waals surface area contributed by atoms with Gasteiger partial charge in [-0.25, -0.2) is 0 Å². The third kappa shape index (κ3) is 2.80. The average molecular weight is 251 g/mol. The summed E-state index contributed by atoms with van der Waals surface area (Å²) in [4.78, 5) is 0. The highest BCUT2D eigenvalue weighted by Crippen LogP contribution is 2.58. The molecule has 1 N–H and O–H groups in total. The minimum absolute atomic E-state index is 0.398. The van der Waals surface area contributed by atoms with Crippen molar-refractivity contribution in [1.29, 1.82) is 0 Å². The molecule has 4 nitrogen and oxygen atoms in total. The van der Waals surface area contributed by atoms with E-state index in [2.05, 4.69) is 9.05 Å². The van der Waals surface area contributed by atoms with E-state index < -0.39 is 13.4 Å². The molecule has 0 bridgehead atoms. The first kappa shape index (κ1) is 12.7. The lowest BCUT2D eigenvalue weighted by Crippen LogP contribution is -2.02. The molecular formula is C9H12ClO4P. The molecule has 0 radical (unpaired) electrons. The van der Waals surface area contributed by atoms with Crippen molar-refractivity contribution in [3.63, 3.8) is 0 Å². The number of hydrogen-bond acceptors (Lipinski definition) is 4. The van der Waals surface area contributed by atoms with E-state index in [0.29, 0.717) is 10.6 Å². The normalized spacial score (nSPS) is 13.9. The van der Waals surface area contributed by atoms with E-state index in [0.717, 1.165) is 0 Å². The van der Waals surface area contributed by atoms with Gasteiger partial charge in [-0.05, 0) is 17.7 Å². The van der Waals surface area contributed by atoms with Crippen molar-refractivity contribution in [1.82, 2.24) is 0 Å². The monoisotopic (exact) mass is 250 g/mol. The van der Waals surface area contributed by atoms with Crippen molar-refractivity contribution in [3.05, 3.63) is 34.9 Å². The van der Waals surface area contributed by atoms with Gasteiger partial charge in [0.1, 0.15) is 0 Å².